The van der Waals surface area contributed by atoms with Crippen LogP contribution >= 0.6 is 25.7 Å². The summed E-state index contributed by atoms with van der Waals surface area (Å²) in [6, 6.07) is 17.8. The van der Waals surface area contributed by atoms with Crippen molar-refractivity contribution in [1.29, 1.82) is 5.26 Å². The molecular weight excluding hydrogens is 446 g/mol. The van der Waals surface area contributed by atoms with Crippen molar-refractivity contribution in [3.63, 3.8) is 0 Å². The van der Waals surface area contributed by atoms with Crippen LogP contribution in [0.4, 0.5) is 8.78 Å². The zero-order valence-corrected chi connectivity index (χ0v) is 18.5. The first-order valence-electron chi connectivity index (χ1n) is 9.09. The highest BCUT2D eigenvalue weighted by Crippen LogP contribution is 2.23. The summed E-state index contributed by atoms with van der Waals surface area (Å²) in [7, 11) is 0. The van der Waals surface area contributed by atoms with Gasteiger partial charge in [0.25, 0.3) is 0 Å². The first-order valence-corrected chi connectivity index (χ1v) is 9.50. The zero-order valence-electron chi connectivity index (χ0n) is 16.7. The number of nitrogens with two attached hydrogens (primary N) is 1. The monoisotopic (exact) mass is 464 g/mol. The molecule has 4 nitrogen and oxygen atoms in total. The van der Waals surface area contributed by atoms with Crippen LogP contribution in [-0.4, -0.2) is 15.0 Å². The highest BCUT2D eigenvalue weighted by Gasteiger charge is 2.07. The fourth-order valence-electron chi connectivity index (χ4n) is 2.84. The third-order valence-electron chi connectivity index (χ3n) is 4.34. The van der Waals surface area contributed by atoms with Crippen LogP contribution in [0.1, 0.15) is 11.1 Å². The summed E-state index contributed by atoms with van der Waals surface area (Å²) in [5.74, 6) is -0.555. The number of nitrogens with zero attached hydrogens (tertiary/aromatic N) is 3. The molecule has 0 unspecified atom stereocenters. The molecule has 0 amide bonds. The Morgan fingerprint density at radius 2 is 1.25 bits per heavy atom. The minimum atomic E-state index is -0.286. The predicted octanol–water partition coefficient (Wildman–Crippen LogP) is 5.39. The standard InChI is InChI=1S/C12H9FN2S.C12H7FN2.H2S/c13-9-3-1-8(2-4-9)10-5-6-15-7-11(10)12(14)16;13-11-3-1-9(2-4-11)12-5-6-15-8-10(12)7-14;/h1-7H,(H2,14,16);1-6,8H;1H2. The Balaban J connectivity index is 0.000000220. The zero-order chi connectivity index (χ0) is 22.2. The van der Waals surface area contributed by atoms with Crippen molar-refractivity contribution in [2.75, 3.05) is 0 Å². The largest absolute Gasteiger partial charge is 0.389 e. The smallest absolute Gasteiger partial charge is 0.123 e. The first kappa shape index (κ1) is 24.6. The van der Waals surface area contributed by atoms with Gasteiger partial charge in [0.2, 0.25) is 0 Å². The molecule has 0 radical (unpaired) electrons. The molecule has 2 heterocycles. The lowest BCUT2D eigenvalue weighted by Gasteiger charge is -2.07. The third-order valence-corrected chi connectivity index (χ3v) is 4.56. The van der Waals surface area contributed by atoms with E-state index in [1.165, 1.54) is 30.5 Å². The van der Waals surface area contributed by atoms with E-state index in [2.05, 4.69) is 16.0 Å². The van der Waals surface area contributed by atoms with E-state index < -0.39 is 0 Å². The minimum Gasteiger partial charge on any atom is -0.389 e. The van der Waals surface area contributed by atoms with E-state index in [0.29, 0.717) is 11.1 Å². The van der Waals surface area contributed by atoms with Crippen LogP contribution in [0.3, 0.4) is 0 Å². The van der Waals surface area contributed by atoms with Crippen LogP contribution in [0.2, 0.25) is 0 Å². The topological polar surface area (TPSA) is 75.6 Å². The SMILES string of the molecule is N#Cc1cnccc1-c1ccc(F)cc1.NC(=S)c1cnccc1-c1ccc(F)cc1.S. The lowest BCUT2D eigenvalue weighted by Crippen LogP contribution is -2.11. The Morgan fingerprint density at radius 3 is 1.75 bits per heavy atom. The van der Waals surface area contributed by atoms with Crippen molar-refractivity contribution >= 4 is 30.7 Å². The molecule has 160 valence electrons. The van der Waals surface area contributed by atoms with Crippen molar-refractivity contribution < 1.29 is 8.78 Å². The van der Waals surface area contributed by atoms with E-state index in [1.807, 2.05) is 6.07 Å². The van der Waals surface area contributed by atoms with E-state index in [4.69, 9.17) is 23.2 Å². The van der Waals surface area contributed by atoms with Gasteiger partial charge < -0.3 is 5.73 Å². The van der Waals surface area contributed by atoms with Crippen LogP contribution in [0.25, 0.3) is 22.3 Å². The van der Waals surface area contributed by atoms with E-state index in [1.54, 1.807) is 48.9 Å². The summed E-state index contributed by atoms with van der Waals surface area (Å²) in [6.07, 6.45) is 6.37. The number of halogens is 2. The van der Waals surface area contributed by atoms with Gasteiger partial charge in [-0.05, 0) is 53.1 Å². The van der Waals surface area contributed by atoms with Gasteiger partial charge in [-0.3, -0.25) is 9.97 Å². The van der Waals surface area contributed by atoms with Crippen molar-refractivity contribution in [3.05, 3.63) is 108 Å². The molecule has 2 aromatic carbocycles. The second kappa shape index (κ2) is 11.6. The number of hydrogen-bond donors (Lipinski definition) is 1. The van der Waals surface area contributed by atoms with Gasteiger partial charge in [0.1, 0.15) is 22.7 Å². The van der Waals surface area contributed by atoms with Crippen molar-refractivity contribution in [3.8, 4) is 28.3 Å². The third kappa shape index (κ3) is 6.17. The summed E-state index contributed by atoms with van der Waals surface area (Å²) in [6.45, 7) is 0. The summed E-state index contributed by atoms with van der Waals surface area (Å²) in [4.78, 5) is 8.12. The Morgan fingerprint density at radius 1 is 0.781 bits per heavy atom. The van der Waals surface area contributed by atoms with Crippen LogP contribution < -0.4 is 5.73 Å². The predicted molar refractivity (Wildman–Crippen MR) is 130 cm³/mol. The molecule has 0 aliphatic heterocycles. The summed E-state index contributed by atoms with van der Waals surface area (Å²) in [5.41, 5.74) is 10.1. The second-order valence-corrected chi connectivity index (χ2v) is 6.77. The molecule has 0 atom stereocenters. The molecule has 2 aromatic heterocycles. The molecule has 32 heavy (non-hydrogen) atoms. The number of benzene rings is 2. The Hall–Kier alpha value is -3.67. The maximum Gasteiger partial charge on any atom is 0.123 e. The number of hydrogen-bond acceptors (Lipinski definition) is 4. The van der Waals surface area contributed by atoms with Gasteiger partial charge in [0.15, 0.2) is 0 Å². The summed E-state index contributed by atoms with van der Waals surface area (Å²) < 4.78 is 25.5. The van der Waals surface area contributed by atoms with Gasteiger partial charge >= 0.3 is 0 Å². The van der Waals surface area contributed by atoms with E-state index in [-0.39, 0.29) is 30.1 Å². The molecule has 0 spiro atoms. The second-order valence-electron chi connectivity index (χ2n) is 6.33. The van der Waals surface area contributed by atoms with E-state index in [0.717, 1.165) is 22.3 Å². The number of pyridine rings is 2. The van der Waals surface area contributed by atoms with Gasteiger partial charge in [0.05, 0.1) is 5.56 Å². The maximum absolute atomic E-state index is 12.8. The first-order chi connectivity index (χ1) is 15.0. The molecule has 0 aliphatic rings. The van der Waals surface area contributed by atoms with Crippen LogP contribution in [0.5, 0.6) is 0 Å². The van der Waals surface area contributed by atoms with Crippen molar-refractivity contribution in [1.82, 2.24) is 9.97 Å². The molecule has 0 fully saturated rings. The van der Waals surface area contributed by atoms with E-state index >= 15 is 0 Å². The number of rotatable bonds is 3. The lowest BCUT2D eigenvalue weighted by molar-refractivity contribution is 0.627. The average Bonchev–Trinajstić information content (AvgIpc) is 2.80. The Kier molecular flexibility index (Phi) is 8.95. The molecule has 8 heteroatoms. The average molecular weight is 465 g/mol. The van der Waals surface area contributed by atoms with Crippen molar-refractivity contribution in [2.24, 2.45) is 5.73 Å². The molecular formula is C24H18F2N4S2. The molecule has 4 aromatic rings. The normalized spacial score (nSPS) is 9.53. The molecule has 4 rings (SSSR count). The highest BCUT2D eigenvalue weighted by atomic mass is 32.1. The van der Waals surface area contributed by atoms with Gasteiger partial charge in [0, 0.05) is 35.9 Å². The molecule has 2 N–H and O–H groups in total. The molecule has 0 bridgehead atoms. The fourth-order valence-corrected chi connectivity index (χ4v) is 3.00. The van der Waals surface area contributed by atoms with E-state index in [9.17, 15) is 8.78 Å². The summed E-state index contributed by atoms with van der Waals surface area (Å²) in [5, 5.41) is 8.87. The number of thiocarbonyl (C=S) groups is 1. The van der Waals surface area contributed by atoms with Gasteiger partial charge in [-0.1, -0.05) is 36.5 Å². The van der Waals surface area contributed by atoms with Gasteiger partial charge in [-0.25, -0.2) is 8.78 Å². The lowest BCUT2D eigenvalue weighted by atomic mass is 10.0. The molecule has 0 aliphatic carbocycles. The fraction of sp³-hybridized carbons (Fsp3) is 0. The summed E-state index contributed by atoms with van der Waals surface area (Å²) >= 11 is 4.94. The number of aromatic nitrogens is 2. The molecule has 0 saturated heterocycles. The minimum absolute atomic E-state index is 0. The van der Waals surface area contributed by atoms with Crippen LogP contribution in [-0.2, 0) is 0 Å². The molecule has 0 saturated carbocycles. The van der Waals surface area contributed by atoms with Gasteiger partial charge in [-0.15, -0.1) is 0 Å². The Labute approximate surface area is 196 Å². The van der Waals surface area contributed by atoms with Crippen LogP contribution in [0, 0.1) is 23.0 Å². The Bertz CT molecular complexity index is 1240. The maximum atomic E-state index is 12.8. The van der Waals surface area contributed by atoms with Gasteiger partial charge in [-0.2, -0.15) is 18.8 Å². The quantitative estimate of drug-likeness (QED) is 0.411. The number of nitriles is 1. The van der Waals surface area contributed by atoms with Crippen LogP contribution in [0.15, 0.2) is 85.5 Å². The highest BCUT2D eigenvalue weighted by molar-refractivity contribution is 7.80. The van der Waals surface area contributed by atoms with Crippen molar-refractivity contribution in [2.45, 2.75) is 0 Å².